The van der Waals surface area contributed by atoms with E-state index in [1.54, 1.807) is 0 Å². The van der Waals surface area contributed by atoms with E-state index in [2.05, 4.69) is 0 Å². The lowest BCUT2D eigenvalue weighted by Crippen LogP contribution is -3.03. The molecule has 1 unspecified atom stereocenters. The molecule has 42 valence electrons. The molecular weight excluding hydrogens is 94.0 g/mol. The number of quaternary nitrogens is 1. The molecule has 0 amide bonds. The Morgan fingerprint density at radius 3 is 2.43 bits per heavy atom. The molecule has 7 heavy (non-hydrogen) atoms. The fourth-order valence-corrected chi connectivity index (χ4v) is 0.421. The Bertz CT molecular complexity index is 60.7. The van der Waals surface area contributed by atoms with Crippen LogP contribution in [0.4, 0.5) is 0 Å². The van der Waals surface area contributed by atoms with Crippen molar-refractivity contribution in [3.8, 4) is 0 Å². The van der Waals surface area contributed by atoms with Crippen molar-refractivity contribution in [1.29, 1.82) is 0 Å². The first-order valence-corrected chi connectivity index (χ1v) is 2.46. The van der Waals surface area contributed by atoms with Crippen LogP contribution in [0.15, 0.2) is 0 Å². The molecule has 0 aliphatic heterocycles. The third-order valence-corrected chi connectivity index (χ3v) is 0.857. The van der Waals surface area contributed by atoms with E-state index in [9.17, 15) is 5.21 Å². The van der Waals surface area contributed by atoms with Gasteiger partial charge in [0.1, 0.15) is 6.10 Å². The molecule has 1 N–H and O–H groups in total. The maximum atomic E-state index is 10.1. The Morgan fingerprint density at radius 1 is 1.71 bits per heavy atom. The molecule has 0 aromatic heterocycles. The van der Waals surface area contributed by atoms with Crippen molar-refractivity contribution in [3.05, 3.63) is 5.21 Å². The van der Waals surface area contributed by atoms with Gasteiger partial charge in [-0.05, 0) is 12.8 Å². The molecule has 3 heteroatoms. The molecule has 1 atom stereocenters. The van der Waals surface area contributed by atoms with E-state index < -0.39 is 0 Å². The Hall–Kier alpha value is -0.120. The highest BCUT2D eigenvalue weighted by Gasteiger charge is 2.25. The molecule has 0 spiro atoms. The lowest BCUT2D eigenvalue weighted by atomic mass is 10.9. The molecule has 0 bridgehead atoms. The molecule has 1 aliphatic carbocycles. The second-order valence-electron chi connectivity index (χ2n) is 1.81. The van der Waals surface area contributed by atoms with Crippen LogP contribution in [-0.4, -0.2) is 13.2 Å². The molecular formula is C4H9NO2. The zero-order valence-corrected chi connectivity index (χ0v) is 4.31. The van der Waals surface area contributed by atoms with Gasteiger partial charge in [-0.1, -0.05) is 0 Å². The summed E-state index contributed by atoms with van der Waals surface area (Å²) in [6.07, 6.45) is 2.41. The molecule has 0 radical (unpaired) electrons. The summed E-state index contributed by atoms with van der Waals surface area (Å²) in [5, 5.41) is 9.92. The number of nitrogens with one attached hydrogen (secondary N) is 1. The number of hydroxylamine groups is 2. The summed E-state index contributed by atoms with van der Waals surface area (Å²) in [6.45, 7) is 0. The van der Waals surface area contributed by atoms with Gasteiger partial charge < -0.3 is 5.21 Å². The summed E-state index contributed by atoms with van der Waals surface area (Å²) in [4.78, 5) is 4.72. The minimum Gasteiger partial charge on any atom is -0.600 e. The van der Waals surface area contributed by atoms with E-state index in [1.807, 2.05) is 0 Å². The normalized spacial score (nSPS) is 24.9. The third-order valence-electron chi connectivity index (χ3n) is 0.857. The van der Waals surface area contributed by atoms with E-state index in [0.717, 1.165) is 12.8 Å². The highest BCUT2D eigenvalue weighted by atomic mass is 16.9. The van der Waals surface area contributed by atoms with Gasteiger partial charge in [0.05, 0.1) is 7.05 Å². The van der Waals surface area contributed by atoms with Crippen LogP contribution in [0, 0.1) is 5.21 Å². The van der Waals surface area contributed by atoms with Gasteiger partial charge in [-0.25, -0.2) is 10.1 Å². The molecule has 0 aromatic carbocycles. The average Bonchev–Trinajstić information content (AvgIpc) is 2.17. The summed E-state index contributed by atoms with van der Waals surface area (Å²) in [6, 6.07) is 0. The first-order valence-electron chi connectivity index (χ1n) is 2.46. The predicted molar refractivity (Wildman–Crippen MR) is 24.4 cm³/mol. The van der Waals surface area contributed by atoms with Crippen LogP contribution in [-0.2, 0) is 4.84 Å². The van der Waals surface area contributed by atoms with E-state index in [-0.39, 0.29) is 11.3 Å². The Balaban J connectivity index is 1.97. The predicted octanol–water partition coefficient (Wildman–Crippen LogP) is -0.907. The first kappa shape index (κ1) is 5.03. The van der Waals surface area contributed by atoms with Crippen LogP contribution in [0.3, 0.4) is 0 Å². The average molecular weight is 103 g/mol. The van der Waals surface area contributed by atoms with Gasteiger partial charge in [0, 0.05) is 0 Å². The lowest BCUT2D eigenvalue weighted by molar-refractivity contribution is -1.04. The maximum Gasteiger partial charge on any atom is 0.117 e. The topological polar surface area (TPSA) is 36.7 Å². The second kappa shape index (κ2) is 1.78. The van der Waals surface area contributed by atoms with Crippen LogP contribution in [0.5, 0.6) is 0 Å². The highest BCUT2D eigenvalue weighted by molar-refractivity contribution is 4.70. The third kappa shape index (κ3) is 1.87. The van der Waals surface area contributed by atoms with Crippen molar-refractivity contribution in [2.75, 3.05) is 7.05 Å². The van der Waals surface area contributed by atoms with Crippen LogP contribution in [0.25, 0.3) is 0 Å². The second-order valence-corrected chi connectivity index (χ2v) is 1.81. The minimum atomic E-state index is -0.150. The molecule has 0 heterocycles. The van der Waals surface area contributed by atoms with Crippen molar-refractivity contribution >= 4 is 0 Å². The minimum absolute atomic E-state index is 0.150. The Morgan fingerprint density at radius 2 is 2.29 bits per heavy atom. The zero-order chi connectivity index (χ0) is 5.28. The molecule has 0 aromatic rings. The Kier molecular flexibility index (Phi) is 1.27. The van der Waals surface area contributed by atoms with E-state index in [4.69, 9.17) is 4.84 Å². The SMILES string of the molecule is C[NH+]([O-])OC1CC1. The van der Waals surface area contributed by atoms with Crippen LogP contribution in [0.2, 0.25) is 0 Å². The monoisotopic (exact) mass is 103 g/mol. The summed E-state index contributed by atoms with van der Waals surface area (Å²) in [5.74, 6) is 0. The summed E-state index contributed by atoms with van der Waals surface area (Å²) >= 11 is 0. The molecule has 1 rings (SSSR count). The van der Waals surface area contributed by atoms with Crippen LogP contribution in [0.1, 0.15) is 12.8 Å². The zero-order valence-electron chi connectivity index (χ0n) is 4.31. The van der Waals surface area contributed by atoms with Crippen molar-refractivity contribution < 1.29 is 10.1 Å². The maximum absolute atomic E-state index is 10.1. The van der Waals surface area contributed by atoms with E-state index >= 15 is 0 Å². The van der Waals surface area contributed by atoms with Crippen molar-refractivity contribution in [2.45, 2.75) is 18.9 Å². The lowest BCUT2D eigenvalue weighted by Gasteiger charge is -2.12. The number of hydrogen-bond acceptors (Lipinski definition) is 2. The summed E-state index contributed by atoms with van der Waals surface area (Å²) in [5.41, 5.74) is 0. The van der Waals surface area contributed by atoms with Gasteiger partial charge in [0.25, 0.3) is 0 Å². The Labute approximate surface area is 42.4 Å². The summed E-state index contributed by atoms with van der Waals surface area (Å²) < 4.78 is 0. The van der Waals surface area contributed by atoms with Gasteiger partial charge in [0.2, 0.25) is 0 Å². The van der Waals surface area contributed by atoms with Crippen LogP contribution >= 0.6 is 0 Å². The van der Waals surface area contributed by atoms with Crippen molar-refractivity contribution in [2.24, 2.45) is 0 Å². The molecule has 1 saturated carbocycles. The van der Waals surface area contributed by atoms with Gasteiger partial charge in [0.15, 0.2) is 0 Å². The van der Waals surface area contributed by atoms with Crippen molar-refractivity contribution in [3.63, 3.8) is 0 Å². The largest absolute Gasteiger partial charge is 0.600 e. The van der Waals surface area contributed by atoms with E-state index in [0.29, 0.717) is 0 Å². The highest BCUT2D eigenvalue weighted by Crippen LogP contribution is 2.20. The standard InChI is InChI=1S/C4H9NO2/c1-5(6)7-4-2-3-4/h4-5H,2-3H2,1H3. The smallest absolute Gasteiger partial charge is 0.117 e. The first-order chi connectivity index (χ1) is 3.29. The van der Waals surface area contributed by atoms with Gasteiger partial charge in [-0.2, -0.15) is 0 Å². The quantitative estimate of drug-likeness (QED) is 0.459. The summed E-state index contributed by atoms with van der Waals surface area (Å²) in [7, 11) is 1.44. The van der Waals surface area contributed by atoms with Crippen molar-refractivity contribution in [1.82, 2.24) is 0 Å². The van der Waals surface area contributed by atoms with Gasteiger partial charge >= 0.3 is 0 Å². The molecule has 3 nitrogen and oxygen atoms in total. The molecule has 1 aliphatic rings. The van der Waals surface area contributed by atoms with Gasteiger partial charge in [-0.15, -0.1) is 0 Å². The van der Waals surface area contributed by atoms with Crippen LogP contribution < -0.4 is 5.23 Å². The fourth-order valence-electron chi connectivity index (χ4n) is 0.421. The van der Waals surface area contributed by atoms with E-state index in [1.165, 1.54) is 7.05 Å². The fraction of sp³-hybridized carbons (Fsp3) is 1.00. The molecule has 0 saturated heterocycles. The molecule has 1 fully saturated rings. The van der Waals surface area contributed by atoms with Gasteiger partial charge in [-0.3, -0.25) is 0 Å². The number of rotatable bonds is 2. The number of hydrogen-bond donors (Lipinski definition) is 1.